The molecule has 0 spiro atoms. The molecular weight excluding hydrogens is 372 g/mol. The van der Waals surface area contributed by atoms with E-state index in [1.807, 2.05) is 83.8 Å². The monoisotopic (exact) mass is 398 g/mol. The zero-order valence-electron chi connectivity index (χ0n) is 17.3. The van der Waals surface area contributed by atoms with Gasteiger partial charge in [-0.25, -0.2) is 0 Å². The van der Waals surface area contributed by atoms with Gasteiger partial charge in [-0.05, 0) is 60.9 Å². The number of hydrogen-bond donors (Lipinski definition) is 1. The largest absolute Gasteiger partial charge is 0.497 e. The molecule has 0 saturated heterocycles. The molecule has 0 aliphatic carbocycles. The number of methoxy groups -OCH3 is 1. The molecule has 30 heavy (non-hydrogen) atoms. The quantitative estimate of drug-likeness (QED) is 0.562. The Hall–Kier alpha value is -3.53. The number of carbonyl (C=O) groups excluding carboxylic acids is 1. The van der Waals surface area contributed by atoms with Crippen LogP contribution in [-0.4, -0.2) is 19.1 Å². The maximum absolute atomic E-state index is 13.1. The molecule has 1 amide bonds. The van der Waals surface area contributed by atoms with Crippen molar-refractivity contribution in [3.8, 4) is 5.75 Å². The summed E-state index contributed by atoms with van der Waals surface area (Å²) >= 11 is 0. The second-order valence-corrected chi connectivity index (χ2v) is 7.52. The number of nitrogens with one attached hydrogen (secondary N) is 1. The van der Waals surface area contributed by atoms with Crippen molar-refractivity contribution in [2.75, 3.05) is 17.3 Å². The van der Waals surface area contributed by atoms with Gasteiger partial charge in [0.25, 0.3) is 5.91 Å². The fraction of sp³-hybridized carbons (Fsp3) is 0.192. The van der Waals surface area contributed by atoms with Gasteiger partial charge in [0.05, 0.1) is 13.2 Å². The average Bonchev–Trinajstić information content (AvgIpc) is 2.79. The number of para-hydroxylation sites is 1. The molecule has 0 aromatic heterocycles. The van der Waals surface area contributed by atoms with Crippen LogP contribution >= 0.6 is 0 Å². The Bertz CT molecular complexity index is 1030. The molecule has 3 aromatic rings. The predicted molar refractivity (Wildman–Crippen MR) is 123 cm³/mol. The first-order chi connectivity index (χ1) is 14.7. The first-order valence-electron chi connectivity index (χ1n) is 10.2. The highest BCUT2D eigenvalue weighted by atomic mass is 16.5. The first-order valence-corrected chi connectivity index (χ1v) is 10.2. The molecule has 1 N–H and O–H groups in total. The van der Waals surface area contributed by atoms with E-state index in [9.17, 15) is 4.79 Å². The standard InChI is InChI=1S/C26H26N2O2/c1-19-18-24(27-21-13-15-22(30-2)16-14-21)23-10-6-7-11-25(23)28(19)26(29)17-12-20-8-4-3-5-9-20/h3-17,19,24,27H,18H2,1-2H3/b17-12+. The van der Waals surface area contributed by atoms with Crippen molar-refractivity contribution in [1.29, 1.82) is 0 Å². The summed E-state index contributed by atoms with van der Waals surface area (Å²) < 4.78 is 5.25. The minimum absolute atomic E-state index is 0.00157. The van der Waals surface area contributed by atoms with Crippen molar-refractivity contribution >= 4 is 23.4 Å². The Kier molecular flexibility index (Phi) is 5.84. The Balaban J connectivity index is 1.58. The van der Waals surface area contributed by atoms with Gasteiger partial charge in [0.15, 0.2) is 0 Å². The van der Waals surface area contributed by atoms with Crippen LogP contribution in [0.1, 0.15) is 30.5 Å². The lowest BCUT2D eigenvalue weighted by atomic mass is 9.91. The third-order valence-corrected chi connectivity index (χ3v) is 5.48. The van der Waals surface area contributed by atoms with E-state index in [2.05, 4.69) is 18.3 Å². The lowest BCUT2D eigenvalue weighted by Gasteiger charge is -2.39. The number of anilines is 2. The summed E-state index contributed by atoms with van der Waals surface area (Å²) in [7, 11) is 1.67. The van der Waals surface area contributed by atoms with Gasteiger partial charge in [-0.1, -0.05) is 48.5 Å². The Labute approximate surface area is 177 Å². The Morgan fingerprint density at radius 3 is 2.43 bits per heavy atom. The zero-order valence-corrected chi connectivity index (χ0v) is 17.3. The molecule has 4 rings (SSSR count). The highest BCUT2D eigenvalue weighted by Crippen LogP contribution is 2.39. The van der Waals surface area contributed by atoms with E-state index < -0.39 is 0 Å². The van der Waals surface area contributed by atoms with Gasteiger partial charge < -0.3 is 15.0 Å². The second-order valence-electron chi connectivity index (χ2n) is 7.52. The van der Waals surface area contributed by atoms with Crippen LogP contribution < -0.4 is 15.0 Å². The van der Waals surface area contributed by atoms with Crippen molar-refractivity contribution < 1.29 is 9.53 Å². The van der Waals surface area contributed by atoms with Gasteiger partial charge >= 0.3 is 0 Å². The molecule has 4 nitrogen and oxygen atoms in total. The molecular formula is C26H26N2O2. The van der Waals surface area contributed by atoms with E-state index >= 15 is 0 Å². The summed E-state index contributed by atoms with van der Waals surface area (Å²) in [4.78, 5) is 15.0. The third kappa shape index (κ3) is 4.23. The normalized spacial score (nSPS) is 18.1. The zero-order chi connectivity index (χ0) is 20.9. The van der Waals surface area contributed by atoms with Crippen LogP contribution in [0.15, 0.2) is 84.9 Å². The van der Waals surface area contributed by atoms with Crippen LogP contribution in [0.5, 0.6) is 5.75 Å². The van der Waals surface area contributed by atoms with Crippen LogP contribution in [0.3, 0.4) is 0 Å². The van der Waals surface area contributed by atoms with Gasteiger partial charge in [-0.2, -0.15) is 0 Å². The van der Waals surface area contributed by atoms with Crippen LogP contribution in [-0.2, 0) is 4.79 Å². The number of ether oxygens (including phenoxy) is 1. The molecule has 1 heterocycles. The summed E-state index contributed by atoms with van der Waals surface area (Å²) in [6.45, 7) is 2.10. The van der Waals surface area contributed by atoms with Crippen molar-refractivity contribution in [3.05, 3.63) is 96.1 Å². The highest BCUT2D eigenvalue weighted by molar-refractivity contribution is 6.05. The number of rotatable bonds is 5. The van der Waals surface area contributed by atoms with E-state index in [1.165, 1.54) is 0 Å². The van der Waals surface area contributed by atoms with E-state index in [0.29, 0.717) is 0 Å². The van der Waals surface area contributed by atoms with E-state index in [0.717, 1.165) is 34.7 Å². The molecule has 0 fully saturated rings. The molecule has 4 heteroatoms. The lowest BCUT2D eigenvalue weighted by molar-refractivity contribution is -0.114. The predicted octanol–water partition coefficient (Wildman–Crippen LogP) is 5.69. The van der Waals surface area contributed by atoms with Gasteiger partial charge in [0, 0.05) is 23.5 Å². The topological polar surface area (TPSA) is 41.6 Å². The molecule has 0 bridgehead atoms. The molecule has 0 saturated carbocycles. The van der Waals surface area contributed by atoms with Crippen molar-refractivity contribution in [1.82, 2.24) is 0 Å². The summed E-state index contributed by atoms with van der Waals surface area (Å²) in [5.41, 5.74) is 4.15. The van der Waals surface area contributed by atoms with Crippen LogP contribution in [0.2, 0.25) is 0 Å². The minimum atomic E-state index is 0.00157. The number of fused-ring (bicyclic) bond motifs is 1. The van der Waals surface area contributed by atoms with Crippen LogP contribution in [0.25, 0.3) is 6.08 Å². The van der Waals surface area contributed by atoms with Gasteiger partial charge in [0.1, 0.15) is 5.75 Å². The van der Waals surface area contributed by atoms with Crippen molar-refractivity contribution in [3.63, 3.8) is 0 Å². The maximum atomic E-state index is 13.1. The highest BCUT2D eigenvalue weighted by Gasteiger charge is 2.32. The molecule has 2 atom stereocenters. The minimum Gasteiger partial charge on any atom is -0.497 e. The number of benzene rings is 3. The van der Waals surface area contributed by atoms with Crippen LogP contribution in [0, 0.1) is 0 Å². The molecule has 0 radical (unpaired) electrons. The number of nitrogens with zero attached hydrogens (tertiary/aromatic N) is 1. The molecule has 1 aliphatic rings. The summed E-state index contributed by atoms with van der Waals surface area (Å²) in [5, 5.41) is 3.62. The summed E-state index contributed by atoms with van der Waals surface area (Å²) in [6, 6.07) is 26.2. The van der Waals surface area contributed by atoms with E-state index in [-0.39, 0.29) is 18.0 Å². The van der Waals surface area contributed by atoms with E-state index in [4.69, 9.17) is 4.74 Å². The third-order valence-electron chi connectivity index (χ3n) is 5.48. The summed E-state index contributed by atoms with van der Waals surface area (Å²) in [5.74, 6) is 0.835. The molecule has 152 valence electrons. The number of hydrogen-bond acceptors (Lipinski definition) is 3. The molecule has 1 aliphatic heterocycles. The SMILES string of the molecule is COc1ccc(NC2CC(C)N(C(=O)/C=C/c3ccccc3)c3ccccc32)cc1. The second kappa shape index (κ2) is 8.87. The smallest absolute Gasteiger partial charge is 0.251 e. The Morgan fingerprint density at radius 1 is 1.00 bits per heavy atom. The molecule has 3 aromatic carbocycles. The fourth-order valence-corrected chi connectivity index (χ4v) is 3.99. The fourth-order valence-electron chi connectivity index (χ4n) is 3.99. The molecule has 2 unspecified atom stereocenters. The lowest BCUT2D eigenvalue weighted by Crippen LogP contribution is -2.43. The Morgan fingerprint density at radius 2 is 1.70 bits per heavy atom. The van der Waals surface area contributed by atoms with Crippen LogP contribution in [0.4, 0.5) is 11.4 Å². The van der Waals surface area contributed by atoms with Crippen molar-refractivity contribution in [2.24, 2.45) is 0 Å². The number of carbonyl (C=O) groups is 1. The van der Waals surface area contributed by atoms with Gasteiger partial charge in [-0.3, -0.25) is 4.79 Å². The van der Waals surface area contributed by atoms with E-state index in [1.54, 1.807) is 13.2 Å². The van der Waals surface area contributed by atoms with Gasteiger partial charge in [-0.15, -0.1) is 0 Å². The van der Waals surface area contributed by atoms with Crippen molar-refractivity contribution in [2.45, 2.75) is 25.4 Å². The maximum Gasteiger partial charge on any atom is 0.251 e. The average molecular weight is 399 g/mol. The first kappa shape index (κ1) is 19.8. The summed E-state index contributed by atoms with van der Waals surface area (Å²) in [6.07, 6.45) is 4.37. The number of amides is 1. The van der Waals surface area contributed by atoms with Gasteiger partial charge in [0.2, 0.25) is 0 Å².